The second-order valence-electron chi connectivity index (χ2n) is 7.29. The Morgan fingerprint density at radius 1 is 1.26 bits per heavy atom. The van der Waals surface area contributed by atoms with Gasteiger partial charge < -0.3 is 10.2 Å². The van der Waals surface area contributed by atoms with Gasteiger partial charge in [-0.05, 0) is 45.9 Å². The van der Waals surface area contributed by atoms with Crippen LogP contribution >= 0.6 is 0 Å². The van der Waals surface area contributed by atoms with Crippen molar-refractivity contribution in [1.29, 1.82) is 0 Å². The lowest BCUT2D eigenvalue weighted by Gasteiger charge is -2.26. The van der Waals surface area contributed by atoms with Crippen molar-refractivity contribution in [2.45, 2.75) is 50.9 Å². The Bertz CT molecular complexity index is 651. The maximum absolute atomic E-state index is 12.7. The molecular weight excluding hydrogens is 344 g/mol. The highest BCUT2D eigenvalue weighted by Crippen LogP contribution is 2.22. The number of carbonyl (C=O) groups excluding carboxylic acids is 2. The molecule has 0 spiro atoms. The first kappa shape index (κ1) is 19.7. The van der Waals surface area contributed by atoms with Crippen LogP contribution in [0.3, 0.4) is 0 Å². The van der Waals surface area contributed by atoms with E-state index in [0.717, 1.165) is 5.69 Å². The molecule has 3 heterocycles. The average molecular weight is 374 g/mol. The van der Waals surface area contributed by atoms with Crippen LogP contribution in [-0.2, 0) is 9.59 Å². The summed E-state index contributed by atoms with van der Waals surface area (Å²) < 4.78 is 0. The SMILES string of the molecule is CCN(CC)C(=O)[C@@H]1C[C@H](NC(=O)C2CC(c3ccccn3)NN2)CN1C. The van der Waals surface area contributed by atoms with Crippen molar-refractivity contribution < 1.29 is 9.59 Å². The number of carbonyl (C=O) groups is 2. The number of likely N-dealkylation sites (tertiary alicyclic amines) is 1. The summed E-state index contributed by atoms with van der Waals surface area (Å²) in [6.45, 7) is 6.10. The highest BCUT2D eigenvalue weighted by Gasteiger charge is 2.38. The molecule has 4 atom stereocenters. The fourth-order valence-corrected chi connectivity index (χ4v) is 3.94. The predicted molar refractivity (Wildman–Crippen MR) is 103 cm³/mol. The molecule has 0 radical (unpaired) electrons. The van der Waals surface area contributed by atoms with Crippen LogP contribution in [0, 0.1) is 0 Å². The molecule has 1 aromatic rings. The monoisotopic (exact) mass is 374 g/mol. The summed E-state index contributed by atoms with van der Waals surface area (Å²) in [6, 6.07) is 5.31. The van der Waals surface area contributed by atoms with Crippen molar-refractivity contribution in [2.75, 3.05) is 26.7 Å². The molecule has 2 amide bonds. The van der Waals surface area contributed by atoms with E-state index in [1.54, 1.807) is 6.20 Å². The van der Waals surface area contributed by atoms with Gasteiger partial charge in [-0.1, -0.05) is 6.07 Å². The summed E-state index contributed by atoms with van der Waals surface area (Å²) in [5.41, 5.74) is 7.14. The first-order chi connectivity index (χ1) is 13.0. The van der Waals surface area contributed by atoms with Crippen molar-refractivity contribution in [2.24, 2.45) is 0 Å². The van der Waals surface area contributed by atoms with E-state index in [4.69, 9.17) is 0 Å². The summed E-state index contributed by atoms with van der Waals surface area (Å²) in [5, 5.41) is 3.11. The van der Waals surface area contributed by atoms with Gasteiger partial charge in [0.05, 0.1) is 17.8 Å². The number of nitrogens with one attached hydrogen (secondary N) is 3. The second kappa shape index (κ2) is 8.77. The molecule has 2 aliphatic rings. The third-order valence-electron chi connectivity index (χ3n) is 5.52. The fraction of sp³-hybridized carbons (Fsp3) is 0.632. The molecule has 8 nitrogen and oxygen atoms in total. The topological polar surface area (TPSA) is 89.6 Å². The van der Waals surface area contributed by atoms with E-state index in [0.29, 0.717) is 32.5 Å². The molecule has 3 N–H and O–H groups in total. The van der Waals surface area contributed by atoms with Crippen LogP contribution in [0.1, 0.15) is 38.4 Å². The van der Waals surface area contributed by atoms with Crippen molar-refractivity contribution in [1.82, 2.24) is 31.0 Å². The van der Waals surface area contributed by atoms with Gasteiger partial charge in [0.2, 0.25) is 11.8 Å². The first-order valence-corrected chi connectivity index (χ1v) is 9.74. The number of amides is 2. The fourth-order valence-electron chi connectivity index (χ4n) is 3.94. The number of likely N-dealkylation sites (N-methyl/N-ethyl adjacent to an activating group) is 2. The summed E-state index contributed by atoms with van der Waals surface area (Å²) in [7, 11) is 1.95. The zero-order valence-electron chi connectivity index (χ0n) is 16.3. The van der Waals surface area contributed by atoms with E-state index < -0.39 is 0 Å². The third kappa shape index (κ3) is 4.45. The van der Waals surface area contributed by atoms with Gasteiger partial charge in [0.15, 0.2) is 0 Å². The average Bonchev–Trinajstić information content (AvgIpc) is 3.30. The van der Waals surface area contributed by atoms with Gasteiger partial charge >= 0.3 is 0 Å². The third-order valence-corrected chi connectivity index (χ3v) is 5.52. The lowest BCUT2D eigenvalue weighted by atomic mass is 10.1. The Kier molecular flexibility index (Phi) is 6.41. The normalized spacial score (nSPS) is 28.3. The second-order valence-corrected chi connectivity index (χ2v) is 7.29. The molecule has 0 saturated carbocycles. The number of nitrogens with zero attached hydrogens (tertiary/aromatic N) is 3. The highest BCUT2D eigenvalue weighted by molar-refractivity contribution is 5.84. The number of pyridine rings is 1. The summed E-state index contributed by atoms with van der Waals surface area (Å²) >= 11 is 0. The molecule has 0 aromatic carbocycles. The lowest BCUT2D eigenvalue weighted by Crippen LogP contribution is -2.47. The Labute approximate surface area is 160 Å². The molecule has 2 fully saturated rings. The minimum atomic E-state index is -0.306. The lowest BCUT2D eigenvalue weighted by molar-refractivity contribution is -0.135. The molecule has 8 heteroatoms. The zero-order chi connectivity index (χ0) is 19.4. The van der Waals surface area contributed by atoms with E-state index >= 15 is 0 Å². The van der Waals surface area contributed by atoms with E-state index in [1.807, 2.05) is 48.9 Å². The van der Waals surface area contributed by atoms with Crippen molar-refractivity contribution in [3.63, 3.8) is 0 Å². The van der Waals surface area contributed by atoms with Gasteiger partial charge in [0.1, 0.15) is 6.04 Å². The van der Waals surface area contributed by atoms with Crippen molar-refractivity contribution in [3.8, 4) is 0 Å². The molecule has 0 bridgehead atoms. The van der Waals surface area contributed by atoms with Crippen LogP contribution in [0.15, 0.2) is 24.4 Å². The molecular formula is C19H30N6O2. The molecule has 2 aliphatic heterocycles. The number of rotatable bonds is 6. The molecule has 1 aromatic heterocycles. The van der Waals surface area contributed by atoms with Crippen LogP contribution in [0.2, 0.25) is 0 Å². The van der Waals surface area contributed by atoms with E-state index in [1.165, 1.54) is 0 Å². The van der Waals surface area contributed by atoms with Gasteiger partial charge in [0.25, 0.3) is 0 Å². The van der Waals surface area contributed by atoms with Crippen LogP contribution in [0.25, 0.3) is 0 Å². The minimum absolute atomic E-state index is 0.0114. The van der Waals surface area contributed by atoms with Gasteiger partial charge in [-0.3, -0.25) is 19.5 Å². The molecule has 3 rings (SSSR count). The summed E-state index contributed by atoms with van der Waals surface area (Å²) in [5.74, 6) is 0.116. The maximum Gasteiger partial charge on any atom is 0.239 e. The van der Waals surface area contributed by atoms with E-state index in [2.05, 4.69) is 21.2 Å². The van der Waals surface area contributed by atoms with Crippen molar-refractivity contribution in [3.05, 3.63) is 30.1 Å². The quantitative estimate of drug-likeness (QED) is 0.652. The van der Waals surface area contributed by atoms with Gasteiger partial charge in [-0.15, -0.1) is 0 Å². The van der Waals surface area contributed by atoms with E-state index in [9.17, 15) is 9.59 Å². The van der Waals surface area contributed by atoms with Crippen LogP contribution < -0.4 is 16.2 Å². The van der Waals surface area contributed by atoms with Crippen LogP contribution in [0.5, 0.6) is 0 Å². The Morgan fingerprint density at radius 3 is 2.70 bits per heavy atom. The Hall–Kier alpha value is -2.03. The number of hydrogen-bond donors (Lipinski definition) is 3. The largest absolute Gasteiger partial charge is 0.351 e. The van der Waals surface area contributed by atoms with Crippen LogP contribution in [-0.4, -0.2) is 71.4 Å². The molecule has 148 valence electrons. The van der Waals surface area contributed by atoms with Crippen molar-refractivity contribution >= 4 is 11.8 Å². The van der Waals surface area contributed by atoms with Crippen LogP contribution in [0.4, 0.5) is 0 Å². The highest BCUT2D eigenvalue weighted by atomic mass is 16.2. The number of aromatic nitrogens is 1. The minimum Gasteiger partial charge on any atom is -0.351 e. The summed E-state index contributed by atoms with van der Waals surface area (Å²) in [4.78, 5) is 33.6. The smallest absolute Gasteiger partial charge is 0.239 e. The predicted octanol–water partition coefficient (Wildman–Crippen LogP) is 0.0465. The van der Waals surface area contributed by atoms with Gasteiger partial charge in [0, 0.05) is 31.9 Å². The Morgan fingerprint density at radius 2 is 2.04 bits per heavy atom. The maximum atomic E-state index is 12.7. The first-order valence-electron chi connectivity index (χ1n) is 9.74. The molecule has 0 aliphatic carbocycles. The zero-order valence-corrected chi connectivity index (χ0v) is 16.3. The standard InChI is InChI=1S/C19H30N6O2/c1-4-25(5-2)19(27)17-10-13(12-24(17)3)21-18(26)16-11-15(22-23-16)14-8-6-7-9-20-14/h6-9,13,15-17,22-23H,4-5,10-12H2,1-3H3,(H,21,26)/t13-,15?,16?,17-/m0/s1. The molecule has 2 unspecified atom stereocenters. The summed E-state index contributed by atoms with van der Waals surface area (Å²) in [6.07, 6.45) is 3.06. The molecule has 2 saturated heterocycles. The van der Waals surface area contributed by atoms with Gasteiger partial charge in [-0.2, -0.15) is 0 Å². The van der Waals surface area contributed by atoms with Gasteiger partial charge in [-0.25, -0.2) is 10.9 Å². The number of hydrogen-bond acceptors (Lipinski definition) is 6. The molecule has 27 heavy (non-hydrogen) atoms. The number of hydrazine groups is 1. The van der Waals surface area contributed by atoms with E-state index in [-0.39, 0.29) is 36.0 Å². The Balaban J connectivity index is 1.52.